The number of aromatic nitrogens is 1. The normalized spacial score (nSPS) is 7.69. The van der Waals surface area contributed by atoms with Crippen LogP contribution in [0.3, 0.4) is 0 Å². The first-order chi connectivity index (χ1) is 5.25. The quantitative estimate of drug-likeness (QED) is 0.339. The van der Waals surface area contributed by atoms with Crippen molar-refractivity contribution in [3.05, 3.63) is 34.1 Å². The highest BCUT2D eigenvalue weighted by molar-refractivity contribution is 5.80. The van der Waals surface area contributed by atoms with E-state index in [4.69, 9.17) is 0 Å². The van der Waals surface area contributed by atoms with Crippen molar-refractivity contribution in [1.29, 1.82) is 0 Å². The average molecular weight is 188 g/mol. The Bertz CT molecular complexity index is 301. The Morgan fingerprint density at radius 3 is 2.46 bits per heavy atom. The van der Waals surface area contributed by atoms with Gasteiger partial charge in [-0.05, 0) is 6.07 Å². The molecule has 0 aliphatic carbocycles. The lowest BCUT2D eigenvalue weighted by molar-refractivity contribution is -0.385. The van der Waals surface area contributed by atoms with Crippen molar-refractivity contribution >= 4 is 12.0 Å². The van der Waals surface area contributed by atoms with Crippen molar-refractivity contribution in [2.45, 2.75) is 0 Å². The third-order valence-electron chi connectivity index (χ3n) is 1.16. The van der Waals surface area contributed by atoms with E-state index >= 15 is 0 Å². The summed E-state index contributed by atoms with van der Waals surface area (Å²) in [5, 5.41) is 10.2. The third-order valence-corrected chi connectivity index (χ3v) is 1.16. The van der Waals surface area contributed by atoms with Crippen LogP contribution in [0.1, 0.15) is 10.4 Å². The van der Waals surface area contributed by atoms with Gasteiger partial charge in [-0.2, -0.15) is 0 Å². The molecule has 1 aromatic rings. The number of aldehydes is 1. The number of carbonyl (C=O) groups excluding carboxylic acids is 1. The van der Waals surface area contributed by atoms with E-state index in [1.54, 1.807) is 0 Å². The minimum Gasteiger partial charge on any atom is -0.412 e. The third kappa shape index (κ3) is 2.93. The lowest BCUT2D eigenvalue weighted by atomic mass is 10.2. The molecule has 0 bridgehead atoms. The molecule has 13 heavy (non-hydrogen) atoms. The first-order valence-electron chi connectivity index (χ1n) is 2.79. The summed E-state index contributed by atoms with van der Waals surface area (Å²) in [4.78, 5) is 23.3. The Labute approximate surface area is 72.8 Å². The topological polar surface area (TPSA) is 136 Å². The van der Waals surface area contributed by atoms with Crippen LogP contribution < -0.4 is 0 Å². The van der Waals surface area contributed by atoms with Crippen molar-refractivity contribution in [2.24, 2.45) is 0 Å². The molecule has 0 fully saturated rings. The van der Waals surface area contributed by atoms with E-state index in [1.165, 1.54) is 12.3 Å². The van der Waals surface area contributed by atoms with Crippen LogP contribution >= 0.6 is 0 Å². The lowest BCUT2D eigenvalue weighted by Gasteiger charge is -1.91. The summed E-state index contributed by atoms with van der Waals surface area (Å²) in [7, 11) is 0. The molecule has 7 heteroatoms. The molecule has 0 aliphatic heterocycles. The zero-order valence-electron chi connectivity index (χ0n) is 6.43. The minimum atomic E-state index is -0.642. The zero-order chi connectivity index (χ0) is 8.27. The van der Waals surface area contributed by atoms with Crippen molar-refractivity contribution < 1.29 is 20.7 Å². The second-order valence-corrected chi connectivity index (χ2v) is 1.81. The first-order valence-corrected chi connectivity index (χ1v) is 2.79. The van der Waals surface area contributed by atoms with Crippen LogP contribution in [-0.2, 0) is 0 Å². The Kier molecular flexibility index (Phi) is 6.06. The molecule has 0 saturated carbocycles. The highest BCUT2D eigenvalue weighted by atomic mass is 16.6. The van der Waals surface area contributed by atoms with Crippen LogP contribution in [0, 0.1) is 10.1 Å². The molecular weight excluding hydrogens is 180 g/mol. The molecule has 1 heterocycles. The molecule has 1 aromatic heterocycles. The molecule has 4 N–H and O–H groups in total. The fourth-order valence-electron chi connectivity index (χ4n) is 0.649. The van der Waals surface area contributed by atoms with E-state index in [1.807, 2.05) is 0 Å². The Morgan fingerprint density at radius 1 is 1.46 bits per heavy atom. The van der Waals surface area contributed by atoms with Gasteiger partial charge in [-0.15, -0.1) is 0 Å². The summed E-state index contributed by atoms with van der Waals surface area (Å²) in [6.45, 7) is 0. The Morgan fingerprint density at radius 2 is 2.08 bits per heavy atom. The van der Waals surface area contributed by atoms with Crippen LogP contribution in [0.5, 0.6) is 0 Å². The summed E-state index contributed by atoms with van der Waals surface area (Å²) < 4.78 is 0. The zero-order valence-corrected chi connectivity index (χ0v) is 6.43. The number of pyridine rings is 1. The summed E-state index contributed by atoms with van der Waals surface area (Å²) in [5.41, 5.74) is -0.215. The molecule has 0 aromatic carbocycles. The van der Waals surface area contributed by atoms with E-state index in [0.29, 0.717) is 6.29 Å². The number of nitrogens with zero attached hydrogens (tertiary/aromatic N) is 2. The van der Waals surface area contributed by atoms with E-state index < -0.39 is 4.92 Å². The van der Waals surface area contributed by atoms with Crippen molar-refractivity contribution in [2.75, 3.05) is 0 Å². The Hall–Kier alpha value is -1.86. The summed E-state index contributed by atoms with van der Waals surface area (Å²) in [5.74, 6) is 0. The monoisotopic (exact) mass is 188 g/mol. The second kappa shape index (κ2) is 5.75. The van der Waals surface area contributed by atoms with Crippen molar-refractivity contribution in [1.82, 2.24) is 4.98 Å². The molecule has 0 aliphatic rings. The molecule has 0 spiro atoms. The van der Waals surface area contributed by atoms with Gasteiger partial charge < -0.3 is 11.0 Å². The van der Waals surface area contributed by atoms with Gasteiger partial charge in [0.2, 0.25) is 0 Å². The van der Waals surface area contributed by atoms with Crippen LogP contribution in [0.25, 0.3) is 0 Å². The van der Waals surface area contributed by atoms with Gasteiger partial charge in [0.05, 0.1) is 10.5 Å². The van der Waals surface area contributed by atoms with Gasteiger partial charge in [0.25, 0.3) is 5.69 Å². The molecular formula is C6H8N2O5. The molecule has 0 atom stereocenters. The molecule has 72 valence electrons. The summed E-state index contributed by atoms with van der Waals surface area (Å²) in [6.07, 6.45) is 2.81. The van der Waals surface area contributed by atoms with Gasteiger partial charge in [0.1, 0.15) is 6.20 Å². The van der Waals surface area contributed by atoms with Crippen LogP contribution in [0.2, 0.25) is 0 Å². The SMILES string of the molecule is O.O.O=Cc1ccncc1[N+](=O)[O-]. The predicted octanol–water partition coefficient (Wildman–Crippen LogP) is -0.847. The number of carbonyl (C=O) groups is 1. The fraction of sp³-hybridized carbons (Fsp3) is 0. The molecule has 0 radical (unpaired) electrons. The lowest BCUT2D eigenvalue weighted by Crippen LogP contribution is -1.94. The number of rotatable bonds is 2. The summed E-state index contributed by atoms with van der Waals surface area (Å²) in [6, 6.07) is 1.30. The molecule has 7 nitrogen and oxygen atoms in total. The van der Waals surface area contributed by atoms with Gasteiger partial charge in [-0.3, -0.25) is 19.9 Å². The first kappa shape index (κ1) is 13.7. The number of hydrogen-bond acceptors (Lipinski definition) is 4. The Balaban J connectivity index is 0. The molecule has 0 saturated heterocycles. The fourth-order valence-corrected chi connectivity index (χ4v) is 0.649. The van der Waals surface area contributed by atoms with E-state index in [9.17, 15) is 14.9 Å². The van der Waals surface area contributed by atoms with Gasteiger partial charge in [-0.1, -0.05) is 0 Å². The maximum absolute atomic E-state index is 10.2. The maximum Gasteiger partial charge on any atom is 0.298 e. The van der Waals surface area contributed by atoms with Crippen LogP contribution in [-0.4, -0.2) is 27.1 Å². The highest BCUT2D eigenvalue weighted by Crippen LogP contribution is 2.12. The van der Waals surface area contributed by atoms with E-state index in [2.05, 4.69) is 4.98 Å². The minimum absolute atomic E-state index is 0. The largest absolute Gasteiger partial charge is 0.412 e. The van der Waals surface area contributed by atoms with Crippen LogP contribution in [0.4, 0.5) is 5.69 Å². The standard InChI is InChI=1S/C6H4N2O3.2H2O/c9-4-5-1-2-7-3-6(5)8(10)11;;/h1-4H;2*1H2. The van der Waals surface area contributed by atoms with E-state index in [-0.39, 0.29) is 22.2 Å². The molecule has 0 unspecified atom stereocenters. The van der Waals surface area contributed by atoms with Crippen molar-refractivity contribution in [3.63, 3.8) is 0 Å². The van der Waals surface area contributed by atoms with Crippen molar-refractivity contribution in [3.8, 4) is 0 Å². The molecule has 1 rings (SSSR count). The number of hydrogen-bond donors (Lipinski definition) is 0. The van der Waals surface area contributed by atoms with Gasteiger partial charge >= 0.3 is 0 Å². The summed E-state index contributed by atoms with van der Waals surface area (Å²) >= 11 is 0. The van der Waals surface area contributed by atoms with Gasteiger partial charge in [0.15, 0.2) is 6.29 Å². The maximum atomic E-state index is 10.2. The predicted molar refractivity (Wildman–Crippen MR) is 43.5 cm³/mol. The average Bonchev–Trinajstić information content (AvgIpc) is 2.04. The van der Waals surface area contributed by atoms with Gasteiger partial charge in [-0.25, -0.2) is 0 Å². The highest BCUT2D eigenvalue weighted by Gasteiger charge is 2.10. The smallest absolute Gasteiger partial charge is 0.298 e. The van der Waals surface area contributed by atoms with Gasteiger partial charge in [0, 0.05) is 6.20 Å². The second-order valence-electron chi connectivity index (χ2n) is 1.81. The molecule has 0 amide bonds. The van der Waals surface area contributed by atoms with Crippen LogP contribution in [0.15, 0.2) is 18.5 Å². The van der Waals surface area contributed by atoms with E-state index in [0.717, 1.165) is 6.20 Å². The number of nitro groups is 1.